The van der Waals surface area contributed by atoms with Crippen LogP contribution in [0.5, 0.6) is 11.5 Å². The maximum absolute atomic E-state index is 14.4. The number of amides is 1. The molecule has 1 unspecified atom stereocenters. The Morgan fingerprint density at radius 2 is 1.83 bits per heavy atom. The van der Waals surface area contributed by atoms with Gasteiger partial charge in [-0.15, -0.1) is 0 Å². The predicted octanol–water partition coefficient (Wildman–Crippen LogP) is 2.63. The molecular formula is C24H26F2N2O7. The molecule has 0 aliphatic carbocycles. The van der Waals surface area contributed by atoms with E-state index in [2.05, 4.69) is 10.6 Å². The summed E-state index contributed by atoms with van der Waals surface area (Å²) in [7, 11) is 1.47. The van der Waals surface area contributed by atoms with E-state index < -0.39 is 17.8 Å². The molecule has 0 spiro atoms. The zero-order valence-corrected chi connectivity index (χ0v) is 18.9. The fourth-order valence-electron chi connectivity index (χ4n) is 3.16. The molecule has 35 heavy (non-hydrogen) atoms. The Bertz CT molecular complexity index is 1050. The lowest BCUT2D eigenvalue weighted by Gasteiger charge is -2.15. The Morgan fingerprint density at radius 3 is 2.40 bits per heavy atom. The second-order valence-electron chi connectivity index (χ2n) is 7.39. The number of ether oxygens (including phenoxy) is 2. The number of methoxy groups -OCH3 is 1. The molecule has 4 N–H and O–H groups in total. The van der Waals surface area contributed by atoms with Gasteiger partial charge in [-0.3, -0.25) is 4.79 Å². The summed E-state index contributed by atoms with van der Waals surface area (Å²) in [5.41, 5.74) is 1.10. The smallest absolute Gasteiger partial charge is 0.328 e. The van der Waals surface area contributed by atoms with Gasteiger partial charge in [-0.2, -0.15) is 0 Å². The minimum Gasteiger partial charge on any atom is -0.496 e. The normalized spacial score (nSPS) is 14.7. The van der Waals surface area contributed by atoms with Crippen molar-refractivity contribution in [2.75, 3.05) is 13.7 Å². The van der Waals surface area contributed by atoms with Crippen molar-refractivity contribution in [2.45, 2.75) is 32.0 Å². The van der Waals surface area contributed by atoms with Gasteiger partial charge < -0.3 is 30.3 Å². The first-order chi connectivity index (χ1) is 16.7. The third-order valence-electron chi connectivity index (χ3n) is 4.82. The van der Waals surface area contributed by atoms with Gasteiger partial charge in [0.15, 0.2) is 11.6 Å². The van der Waals surface area contributed by atoms with Gasteiger partial charge in [-0.05, 0) is 43.1 Å². The van der Waals surface area contributed by atoms with E-state index in [0.717, 1.165) is 19.4 Å². The predicted molar refractivity (Wildman–Crippen MR) is 121 cm³/mol. The summed E-state index contributed by atoms with van der Waals surface area (Å²) in [6.45, 7) is 1.01. The summed E-state index contributed by atoms with van der Waals surface area (Å²) in [5, 5.41) is 21.5. The minimum atomic E-state index is -1.26. The molecule has 1 aliphatic heterocycles. The Kier molecular flexibility index (Phi) is 10.6. The molecule has 1 atom stereocenters. The molecule has 1 aliphatic rings. The quantitative estimate of drug-likeness (QED) is 0.393. The fraction of sp³-hybridized carbons (Fsp3) is 0.292. The van der Waals surface area contributed by atoms with Crippen LogP contribution in [-0.2, 0) is 27.5 Å². The van der Waals surface area contributed by atoms with E-state index in [-0.39, 0.29) is 36.7 Å². The number of carbonyl (C=O) groups is 3. The number of rotatable bonds is 9. The van der Waals surface area contributed by atoms with Crippen LogP contribution in [0.4, 0.5) is 8.78 Å². The second-order valence-corrected chi connectivity index (χ2v) is 7.39. The summed E-state index contributed by atoms with van der Waals surface area (Å²) in [4.78, 5) is 31.2. The number of halogens is 2. The average molecular weight is 492 g/mol. The number of benzene rings is 2. The lowest BCUT2D eigenvalue weighted by molar-refractivity contribution is -0.134. The van der Waals surface area contributed by atoms with Crippen molar-refractivity contribution in [2.24, 2.45) is 0 Å². The molecule has 1 fully saturated rings. The Morgan fingerprint density at radius 1 is 1.11 bits per heavy atom. The van der Waals surface area contributed by atoms with Gasteiger partial charge in [-0.1, -0.05) is 12.1 Å². The van der Waals surface area contributed by atoms with Gasteiger partial charge in [0.25, 0.3) is 0 Å². The van der Waals surface area contributed by atoms with Crippen LogP contribution in [0.25, 0.3) is 0 Å². The number of carboxylic acid groups (broad SMARTS) is 2. The van der Waals surface area contributed by atoms with E-state index in [1.54, 1.807) is 12.1 Å². The topological polar surface area (TPSA) is 134 Å². The van der Waals surface area contributed by atoms with E-state index in [1.165, 1.54) is 31.4 Å². The van der Waals surface area contributed by atoms with Crippen molar-refractivity contribution in [1.82, 2.24) is 10.6 Å². The van der Waals surface area contributed by atoms with Crippen LogP contribution in [0.2, 0.25) is 0 Å². The molecule has 3 rings (SSSR count). The molecule has 0 aromatic heterocycles. The van der Waals surface area contributed by atoms with E-state index in [0.29, 0.717) is 29.0 Å². The van der Waals surface area contributed by atoms with Crippen LogP contribution < -0.4 is 20.1 Å². The molecule has 1 saturated heterocycles. The molecule has 188 valence electrons. The summed E-state index contributed by atoms with van der Waals surface area (Å²) in [6.07, 6.45) is 2.88. The van der Waals surface area contributed by atoms with Crippen LogP contribution >= 0.6 is 0 Å². The van der Waals surface area contributed by atoms with Crippen LogP contribution in [0, 0.1) is 11.6 Å². The van der Waals surface area contributed by atoms with E-state index in [1.807, 2.05) is 0 Å². The Balaban J connectivity index is 0.000000466. The Labute approximate surface area is 200 Å². The molecule has 0 bridgehead atoms. The van der Waals surface area contributed by atoms with Crippen molar-refractivity contribution < 1.29 is 42.9 Å². The second kappa shape index (κ2) is 13.7. The highest BCUT2D eigenvalue weighted by Gasteiger charge is 2.22. The van der Waals surface area contributed by atoms with E-state index in [4.69, 9.17) is 19.7 Å². The van der Waals surface area contributed by atoms with Crippen molar-refractivity contribution >= 4 is 17.8 Å². The molecule has 0 saturated carbocycles. The molecule has 11 heteroatoms. The maximum Gasteiger partial charge on any atom is 0.328 e. The first-order valence-corrected chi connectivity index (χ1v) is 10.6. The standard InChI is InChI=1S/C20H22F2N2O3.C4H4O4/c1-26-18-10-19(27-12-13-4-2-5-15(21)8-13)16(22)9-14(18)11-24-20(25)17-6-3-7-23-17;5-3(6)1-2-4(7)8/h2,4-5,8-10,17,23H,3,6-7,11-12H2,1H3,(H,24,25);1-2H,(H,5,6)(H,7,8)/b;2-1+. The number of hydrogen-bond donors (Lipinski definition) is 4. The maximum atomic E-state index is 14.4. The molecular weight excluding hydrogens is 466 g/mol. The van der Waals surface area contributed by atoms with Crippen LogP contribution in [0.15, 0.2) is 48.6 Å². The lowest BCUT2D eigenvalue weighted by Crippen LogP contribution is -2.40. The van der Waals surface area contributed by atoms with Gasteiger partial charge in [-0.25, -0.2) is 18.4 Å². The Hall–Kier alpha value is -3.99. The zero-order valence-electron chi connectivity index (χ0n) is 18.9. The number of carbonyl (C=O) groups excluding carboxylic acids is 1. The summed E-state index contributed by atoms with van der Waals surface area (Å²) in [6, 6.07) is 8.43. The molecule has 9 nitrogen and oxygen atoms in total. The van der Waals surface area contributed by atoms with E-state index in [9.17, 15) is 23.2 Å². The summed E-state index contributed by atoms with van der Waals surface area (Å²) in [5.74, 6) is -3.16. The monoisotopic (exact) mass is 492 g/mol. The third-order valence-corrected chi connectivity index (χ3v) is 4.82. The zero-order chi connectivity index (χ0) is 25.8. The SMILES string of the molecule is COc1cc(OCc2cccc(F)c2)c(F)cc1CNC(=O)C1CCCN1.O=C(O)/C=C/C(=O)O. The highest BCUT2D eigenvalue weighted by Crippen LogP contribution is 2.29. The van der Waals surface area contributed by atoms with Crippen LogP contribution in [-0.4, -0.2) is 47.8 Å². The number of carboxylic acids is 2. The van der Waals surface area contributed by atoms with Gasteiger partial charge in [0.2, 0.25) is 5.91 Å². The fourth-order valence-corrected chi connectivity index (χ4v) is 3.16. The van der Waals surface area contributed by atoms with Crippen molar-refractivity contribution in [1.29, 1.82) is 0 Å². The number of nitrogens with one attached hydrogen (secondary N) is 2. The van der Waals surface area contributed by atoms with Crippen LogP contribution in [0.1, 0.15) is 24.0 Å². The highest BCUT2D eigenvalue weighted by atomic mass is 19.1. The van der Waals surface area contributed by atoms with Crippen molar-refractivity contribution in [3.05, 3.63) is 71.3 Å². The molecule has 2 aromatic carbocycles. The van der Waals surface area contributed by atoms with E-state index >= 15 is 0 Å². The first kappa shape index (κ1) is 27.3. The molecule has 1 heterocycles. The summed E-state index contributed by atoms with van der Waals surface area (Å²) >= 11 is 0. The number of hydrogen-bond acceptors (Lipinski definition) is 6. The molecule has 2 aromatic rings. The lowest BCUT2D eigenvalue weighted by atomic mass is 10.1. The minimum absolute atomic E-state index is 0.00338. The van der Waals surface area contributed by atoms with Crippen molar-refractivity contribution in [3.8, 4) is 11.5 Å². The van der Waals surface area contributed by atoms with Gasteiger partial charge in [0.05, 0.1) is 13.2 Å². The largest absolute Gasteiger partial charge is 0.496 e. The average Bonchev–Trinajstić information content (AvgIpc) is 3.36. The first-order valence-electron chi connectivity index (χ1n) is 10.6. The van der Waals surface area contributed by atoms with Crippen molar-refractivity contribution in [3.63, 3.8) is 0 Å². The van der Waals surface area contributed by atoms with Gasteiger partial charge in [0.1, 0.15) is 18.2 Å². The summed E-state index contributed by atoms with van der Waals surface area (Å²) < 4.78 is 38.4. The molecule has 0 radical (unpaired) electrons. The number of aliphatic carboxylic acids is 2. The van der Waals surface area contributed by atoms with Gasteiger partial charge >= 0.3 is 11.9 Å². The highest BCUT2D eigenvalue weighted by molar-refractivity contribution is 5.89. The van der Waals surface area contributed by atoms with Crippen LogP contribution in [0.3, 0.4) is 0 Å². The van der Waals surface area contributed by atoms with Gasteiger partial charge in [0, 0.05) is 30.3 Å². The third kappa shape index (κ3) is 9.41. The molecule has 1 amide bonds.